The van der Waals surface area contributed by atoms with Crippen LogP contribution in [-0.2, 0) is 4.43 Å². The number of rotatable bonds is 5. The van der Waals surface area contributed by atoms with Gasteiger partial charge in [-0.25, -0.2) is 0 Å². The molecule has 0 rings (SSSR count). The highest BCUT2D eigenvalue weighted by Crippen LogP contribution is 2.37. The first-order valence-corrected chi connectivity index (χ1v) is 8.49. The molecule has 1 N–H and O–H groups in total. The Balaban J connectivity index is 4.39. The average molecular weight is 230 g/mol. The number of hydrogen-bond donors (Lipinski definition) is 1. The van der Waals surface area contributed by atoms with Gasteiger partial charge in [-0.1, -0.05) is 26.8 Å². The molecule has 0 saturated carbocycles. The van der Waals surface area contributed by atoms with Crippen molar-refractivity contribution in [3.63, 3.8) is 0 Å². The van der Waals surface area contributed by atoms with E-state index in [0.717, 1.165) is 0 Å². The Labute approximate surface area is 95.5 Å². The maximum absolute atomic E-state index is 9.77. The molecule has 0 spiro atoms. The summed E-state index contributed by atoms with van der Waals surface area (Å²) in [7, 11) is -1.75. The monoisotopic (exact) mass is 230 g/mol. The van der Waals surface area contributed by atoms with Gasteiger partial charge in [0.15, 0.2) is 8.32 Å². The van der Waals surface area contributed by atoms with Crippen LogP contribution in [0.5, 0.6) is 0 Å². The van der Waals surface area contributed by atoms with Crippen LogP contribution < -0.4 is 0 Å². The molecular weight excluding hydrogens is 204 g/mol. The molecule has 0 saturated heterocycles. The van der Waals surface area contributed by atoms with Gasteiger partial charge in [0.2, 0.25) is 0 Å². The fourth-order valence-electron chi connectivity index (χ4n) is 1.08. The zero-order valence-electron chi connectivity index (χ0n) is 11.0. The van der Waals surface area contributed by atoms with E-state index in [2.05, 4.69) is 40.4 Å². The first-order chi connectivity index (χ1) is 6.62. The van der Waals surface area contributed by atoms with E-state index in [1.165, 1.54) is 0 Å². The molecule has 0 fully saturated rings. The average Bonchev–Trinajstić information content (AvgIpc) is 2.01. The lowest BCUT2D eigenvalue weighted by molar-refractivity contribution is 0.0410. The molecule has 2 nitrogen and oxygen atoms in total. The summed E-state index contributed by atoms with van der Waals surface area (Å²) < 4.78 is 6.06. The van der Waals surface area contributed by atoms with Crippen molar-refractivity contribution in [2.45, 2.75) is 64.5 Å². The lowest BCUT2D eigenvalue weighted by Gasteiger charge is -2.39. The number of aliphatic hydroxyl groups is 1. The van der Waals surface area contributed by atoms with Crippen LogP contribution in [0, 0.1) is 0 Å². The van der Waals surface area contributed by atoms with Gasteiger partial charge in [0.05, 0.1) is 12.2 Å². The molecule has 90 valence electrons. The molecule has 0 aromatic carbocycles. The maximum atomic E-state index is 9.77. The zero-order chi connectivity index (χ0) is 12.3. The third-order valence-corrected chi connectivity index (χ3v) is 7.81. The van der Waals surface area contributed by atoms with Crippen molar-refractivity contribution in [1.29, 1.82) is 0 Å². The second-order valence-corrected chi connectivity index (χ2v) is 10.4. The minimum absolute atomic E-state index is 0.108. The summed E-state index contributed by atoms with van der Waals surface area (Å²) in [5.74, 6) is 0. The molecule has 2 atom stereocenters. The smallest absolute Gasteiger partial charge is 0.192 e. The third kappa shape index (κ3) is 4.49. The SMILES string of the molecule is C=CCC(O)C(C)O[Si](C)(C)C(C)(C)C. The van der Waals surface area contributed by atoms with Crippen molar-refractivity contribution in [1.82, 2.24) is 0 Å². The second kappa shape index (κ2) is 5.28. The van der Waals surface area contributed by atoms with Crippen molar-refractivity contribution in [3.8, 4) is 0 Å². The van der Waals surface area contributed by atoms with Crippen molar-refractivity contribution >= 4 is 8.32 Å². The first-order valence-electron chi connectivity index (χ1n) is 5.58. The fourth-order valence-corrected chi connectivity index (χ4v) is 2.52. The molecule has 0 aromatic rings. The van der Waals surface area contributed by atoms with Crippen LogP contribution in [0.4, 0.5) is 0 Å². The standard InChI is InChI=1S/C12H26O2Si/c1-8-9-11(13)10(2)14-15(6,7)12(3,4)5/h8,10-11,13H,1,9H2,2-7H3. The minimum Gasteiger partial charge on any atom is -0.412 e. The summed E-state index contributed by atoms with van der Waals surface area (Å²) in [5, 5.41) is 9.96. The summed E-state index contributed by atoms with van der Waals surface area (Å²) in [4.78, 5) is 0. The highest BCUT2D eigenvalue weighted by molar-refractivity contribution is 6.74. The Morgan fingerprint density at radius 1 is 1.40 bits per heavy atom. The van der Waals surface area contributed by atoms with Gasteiger partial charge in [-0.2, -0.15) is 0 Å². The second-order valence-electron chi connectivity index (χ2n) is 5.68. The van der Waals surface area contributed by atoms with Crippen LogP contribution in [0.1, 0.15) is 34.1 Å². The van der Waals surface area contributed by atoms with E-state index in [0.29, 0.717) is 6.42 Å². The minimum atomic E-state index is -1.75. The molecule has 0 aliphatic heterocycles. The molecule has 0 heterocycles. The van der Waals surface area contributed by atoms with Gasteiger partial charge in [-0.15, -0.1) is 6.58 Å². The van der Waals surface area contributed by atoms with Crippen LogP contribution in [-0.4, -0.2) is 25.6 Å². The Kier molecular flexibility index (Phi) is 5.24. The maximum Gasteiger partial charge on any atom is 0.192 e. The highest BCUT2D eigenvalue weighted by Gasteiger charge is 2.39. The van der Waals surface area contributed by atoms with Crippen LogP contribution in [0.2, 0.25) is 18.1 Å². The van der Waals surface area contributed by atoms with Gasteiger partial charge < -0.3 is 9.53 Å². The van der Waals surface area contributed by atoms with Gasteiger partial charge in [0, 0.05) is 0 Å². The van der Waals surface area contributed by atoms with Gasteiger partial charge in [0.1, 0.15) is 0 Å². The largest absolute Gasteiger partial charge is 0.412 e. The van der Waals surface area contributed by atoms with E-state index >= 15 is 0 Å². The van der Waals surface area contributed by atoms with E-state index in [9.17, 15) is 5.11 Å². The molecule has 0 aliphatic carbocycles. The molecule has 0 bridgehead atoms. The normalized spacial score (nSPS) is 17.3. The van der Waals surface area contributed by atoms with E-state index < -0.39 is 14.4 Å². The summed E-state index contributed by atoms with van der Waals surface area (Å²) in [6, 6.07) is 0. The van der Waals surface area contributed by atoms with Gasteiger partial charge in [0.25, 0.3) is 0 Å². The quantitative estimate of drug-likeness (QED) is 0.580. The first kappa shape index (κ1) is 14.9. The van der Waals surface area contributed by atoms with Crippen molar-refractivity contribution < 1.29 is 9.53 Å². The van der Waals surface area contributed by atoms with Crippen molar-refractivity contribution in [2.24, 2.45) is 0 Å². The Bertz CT molecular complexity index is 206. The van der Waals surface area contributed by atoms with Gasteiger partial charge >= 0.3 is 0 Å². The Morgan fingerprint density at radius 3 is 2.20 bits per heavy atom. The Hall–Kier alpha value is -0.123. The molecule has 2 unspecified atom stereocenters. The number of hydrogen-bond acceptors (Lipinski definition) is 2. The zero-order valence-corrected chi connectivity index (χ0v) is 12.0. The summed E-state index contributed by atoms with van der Waals surface area (Å²) >= 11 is 0. The van der Waals surface area contributed by atoms with Crippen LogP contribution in [0.15, 0.2) is 12.7 Å². The van der Waals surface area contributed by atoms with Crippen LogP contribution in [0.25, 0.3) is 0 Å². The van der Waals surface area contributed by atoms with Gasteiger partial charge in [-0.3, -0.25) is 0 Å². The summed E-state index contributed by atoms with van der Waals surface area (Å²) in [5.41, 5.74) is 0. The van der Waals surface area contributed by atoms with E-state index in [1.807, 2.05) is 6.92 Å². The van der Waals surface area contributed by atoms with Crippen LogP contribution >= 0.6 is 0 Å². The third-order valence-electron chi connectivity index (χ3n) is 3.24. The molecular formula is C12H26O2Si. The molecule has 0 aromatic heterocycles. The predicted molar refractivity (Wildman–Crippen MR) is 68.6 cm³/mol. The van der Waals surface area contributed by atoms with Crippen molar-refractivity contribution in [3.05, 3.63) is 12.7 Å². The van der Waals surface area contributed by atoms with E-state index in [4.69, 9.17) is 4.43 Å². The van der Waals surface area contributed by atoms with Gasteiger partial charge in [-0.05, 0) is 31.5 Å². The summed E-state index contributed by atoms with van der Waals surface area (Å²) in [6.45, 7) is 16.6. The fraction of sp³-hybridized carbons (Fsp3) is 0.833. The molecule has 0 radical (unpaired) electrons. The van der Waals surface area contributed by atoms with E-state index in [1.54, 1.807) is 6.08 Å². The Morgan fingerprint density at radius 2 is 1.87 bits per heavy atom. The topological polar surface area (TPSA) is 29.5 Å². The van der Waals surface area contributed by atoms with Crippen molar-refractivity contribution in [2.75, 3.05) is 0 Å². The lowest BCUT2D eigenvalue weighted by atomic mass is 10.2. The molecule has 15 heavy (non-hydrogen) atoms. The lowest BCUT2D eigenvalue weighted by Crippen LogP contribution is -2.46. The highest BCUT2D eigenvalue weighted by atomic mass is 28.4. The molecule has 0 amide bonds. The summed E-state index contributed by atoms with van der Waals surface area (Å²) in [6.07, 6.45) is 1.78. The predicted octanol–water partition coefficient (Wildman–Crippen LogP) is 3.33. The molecule has 3 heteroatoms. The van der Waals surface area contributed by atoms with Crippen LogP contribution in [0.3, 0.4) is 0 Å². The molecule has 0 aliphatic rings. The number of aliphatic hydroxyl groups excluding tert-OH is 1. The van der Waals surface area contributed by atoms with E-state index in [-0.39, 0.29) is 11.1 Å².